The minimum atomic E-state index is -1.02. The molecular formula is C33H27NO6. The normalized spacial score (nSPS) is 19.5. The van der Waals surface area contributed by atoms with Gasteiger partial charge in [0.25, 0.3) is 0 Å². The standard InChI is InChI=1S/C33H27NO6/c1-38-25-12-6-4-10-23(25)28-30(32(35)36)29(24-11-5-7-13-26(24)39-2)31(28)33(37)40-27-14-8-3-9-22(27)21-17-15-20(19-34)16-18-21/h3-18,28-31H,1-2H3,(H,35,36)/t28-,29-,30-,31+/m1/s1. The zero-order valence-electron chi connectivity index (χ0n) is 22.0. The van der Waals surface area contributed by atoms with Crippen molar-refractivity contribution in [2.45, 2.75) is 11.8 Å². The second-order valence-corrected chi connectivity index (χ2v) is 9.53. The lowest BCUT2D eigenvalue weighted by Gasteiger charge is -2.49. The van der Waals surface area contributed by atoms with Crippen LogP contribution in [0, 0.1) is 23.2 Å². The molecule has 4 aromatic rings. The SMILES string of the molecule is COc1ccccc1[C@@H]1[C@H](C(=O)O)[C@@H](c2ccccc2OC)[C@@H]1C(=O)Oc1ccccc1-c1ccc(C#N)cc1. The fraction of sp³-hybridized carbons (Fsp3) is 0.182. The number of hydrogen-bond donors (Lipinski definition) is 1. The van der Waals surface area contributed by atoms with E-state index in [1.54, 1.807) is 84.9 Å². The highest BCUT2D eigenvalue weighted by molar-refractivity contribution is 5.87. The topological polar surface area (TPSA) is 106 Å². The van der Waals surface area contributed by atoms with Gasteiger partial charge in [0, 0.05) is 17.4 Å². The van der Waals surface area contributed by atoms with Crippen molar-refractivity contribution < 1.29 is 28.9 Å². The van der Waals surface area contributed by atoms with Gasteiger partial charge in [-0.15, -0.1) is 0 Å². The Labute approximate surface area is 232 Å². The number of carboxylic acids is 1. The van der Waals surface area contributed by atoms with Crippen molar-refractivity contribution in [1.29, 1.82) is 5.26 Å². The molecule has 1 aliphatic rings. The van der Waals surface area contributed by atoms with Gasteiger partial charge in [-0.25, -0.2) is 0 Å². The second-order valence-electron chi connectivity index (χ2n) is 9.53. The number of para-hydroxylation sites is 3. The number of methoxy groups -OCH3 is 2. The number of nitriles is 1. The van der Waals surface area contributed by atoms with Crippen molar-refractivity contribution in [2.75, 3.05) is 14.2 Å². The number of carbonyl (C=O) groups excluding carboxylic acids is 1. The second kappa shape index (κ2) is 11.3. The molecule has 40 heavy (non-hydrogen) atoms. The van der Waals surface area contributed by atoms with Crippen molar-refractivity contribution in [3.05, 3.63) is 114 Å². The maximum absolute atomic E-state index is 14.1. The summed E-state index contributed by atoms with van der Waals surface area (Å²) in [5.74, 6) is -3.35. The van der Waals surface area contributed by atoms with E-state index in [1.165, 1.54) is 14.2 Å². The average molecular weight is 534 g/mol. The van der Waals surface area contributed by atoms with Gasteiger partial charge in [-0.3, -0.25) is 9.59 Å². The zero-order valence-corrected chi connectivity index (χ0v) is 22.0. The largest absolute Gasteiger partial charge is 0.496 e. The third-order valence-corrected chi connectivity index (χ3v) is 7.52. The summed E-state index contributed by atoms with van der Waals surface area (Å²) >= 11 is 0. The summed E-state index contributed by atoms with van der Waals surface area (Å²) in [6, 6.07) is 30.5. The third kappa shape index (κ3) is 4.76. The van der Waals surface area contributed by atoms with Gasteiger partial charge in [0.05, 0.1) is 37.7 Å². The highest BCUT2D eigenvalue weighted by Gasteiger charge is 2.60. The molecule has 0 unspecified atom stereocenters. The molecule has 2 atom stereocenters. The van der Waals surface area contributed by atoms with E-state index in [-0.39, 0.29) is 0 Å². The van der Waals surface area contributed by atoms with Crippen LogP contribution in [-0.2, 0) is 9.59 Å². The van der Waals surface area contributed by atoms with Crippen LogP contribution in [0.3, 0.4) is 0 Å². The Hall–Kier alpha value is -5.09. The van der Waals surface area contributed by atoms with Crippen LogP contribution in [0.15, 0.2) is 97.1 Å². The van der Waals surface area contributed by atoms with Crippen LogP contribution < -0.4 is 14.2 Å². The lowest BCUT2D eigenvalue weighted by molar-refractivity contribution is -0.158. The fourth-order valence-corrected chi connectivity index (χ4v) is 5.70. The maximum Gasteiger partial charge on any atom is 0.315 e. The summed E-state index contributed by atoms with van der Waals surface area (Å²) in [6.07, 6.45) is 0. The Morgan fingerprint density at radius 3 is 1.70 bits per heavy atom. The van der Waals surface area contributed by atoms with E-state index >= 15 is 0 Å². The van der Waals surface area contributed by atoms with E-state index in [4.69, 9.17) is 19.5 Å². The van der Waals surface area contributed by atoms with E-state index in [1.807, 2.05) is 12.1 Å². The monoisotopic (exact) mass is 533 g/mol. The molecular weight excluding hydrogens is 506 g/mol. The molecule has 0 bridgehead atoms. The molecule has 0 saturated heterocycles. The number of esters is 1. The van der Waals surface area contributed by atoms with E-state index < -0.39 is 35.6 Å². The van der Waals surface area contributed by atoms with Gasteiger partial charge in [0.2, 0.25) is 0 Å². The predicted octanol–water partition coefficient (Wildman–Crippen LogP) is 6.05. The number of ether oxygens (including phenoxy) is 3. The van der Waals surface area contributed by atoms with Gasteiger partial charge in [-0.05, 0) is 47.0 Å². The van der Waals surface area contributed by atoms with Gasteiger partial charge in [0.15, 0.2) is 0 Å². The Morgan fingerprint density at radius 2 is 1.20 bits per heavy atom. The molecule has 0 heterocycles. The van der Waals surface area contributed by atoms with Crippen molar-refractivity contribution in [3.8, 4) is 34.4 Å². The molecule has 1 saturated carbocycles. The Bertz CT molecular complexity index is 1530. The lowest BCUT2D eigenvalue weighted by atomic mass is 9.52. The molecule has 0 spiro atoms. The first-order valence-corrected chi connectivity index (χ1v) is 12.8. The first kappa shape index (κ1) is 26.5. The number of nitrogens with zero attached hydrogens (tertiary/aromatic N) is 1. The lowest BCUT2D eigenvalue weighted by Crippen LogP contribution is -2.52. The van der Waals surface area contributed by atoms with Gasteiger partial charge in [-0.2, -0.15) is 5.26 Å². The summed E-state index contributed by atoms with van der Waals surface area (Å²) in [4.78, 5) is 26.8. The maximum atomic E-state index is 14.1. The van der Waals surface area contributed by atoms with Crippen LogP contribution >= 0.6 is 0 Å². The van der Waals surface area contributed by atoms with Crippen LogP contribution in [0.1, 0.15) is 28.5 Å². The smallest absolute Gasteiger partial charge is 0.315 e. The zero-order chi connectivity index (χ0) is 28.2. The van der Waals surface area contributed by atoms with Gasteiger partial charge < -0.3 is 19.3 Å². The fourth-order valence-electron chi connectivity index (χ4n) is 5.70. The molecule has 5 rings (SSSR count). The highest BCUT2D eigenvalue weighted by atomic mass is 16.5. The number of benzene rings is 4. The van der Waals surface area contributed by atoms with Crippen molar-refractivity contribution >= 4 is 11.9 Å². The number of rotatable bonds is 8. The molecule has 0 aromatic heterocycles. The number of hydrogen-bond acceptors (Lipinski definition) is 6. The van der Waals surface area contributed by atoms with Crippen molar-refractivity contribution in [2.24, 2.45) is 11.8 Å². The van der Waals surface area contributed by atoms with E-state index in [2.05, 4.69) is 6.07 Å². The number of carbonyl (C=O) groups is 2. The molecule has 7 nitrogen and oxygen atoms in total. The minimum Gasteiger partial charge on any atom is -0.496 e. The summed E-state index contributed by atoms with van der Waals surface area (Å²) < 4.78 is 17.2. The van der Waals surface area contributed by atoms with Gasteiger partial charge in [-0.1, -0.05) is 66.7 Å². The summed E-state index contributed by atoms with van der Waals surface area (Å²) in [7, 11) is 3.04. The molecule has 1 aliphatic carbocycles. The number of aliphatic carboxylic acids is 1. The van der Waals surface area contributed by atoms with E-state index in [9.17, 15) is 14.7 Å². The highest BCUT2D eigenvalue weighted by Crippen LogP contribution is 2.60. The number of carboxylic acid groups (broad SMARTS) is 1. The molecule has 1 fully saturated rings. The van der Waals surface area contributed by atoms with Gasteiger partial charge in [0.1, 0.15) is 17.2 Å². The molecule has 0 amide bonds. The Balaban J connectivity index is 1.59. The predicted molar refractivity (Wildman–Crippen MR) is 148 cm³/mol. The van der Waals surface area contributed by atoms with E-state index in [0.717, 1.165) is 5.56 Å². The quantitative estimate of drug-likeness (QED) is 0.217. The average Bonchev–Trinajstić information content (AvgIpc) is 2.97. The molecule has 200 valence electrons. The molecule has 7 heteroatoms. The summed E-state index contributed by atoms with van der Waals surface area (Å²) in [6.45, 7) is 0. The molecule has 0 aliphatic heterocycles. The van der Waals surface area contributed by atoms with Gasteiger partial charge >= 0.3 is 11.9 Å². The Morgan fingerprint density at radius 1 is 0.700 bits per heavy atom. The van der Waals surface area contributed by atoms with Crippen molar-refractivity contribution in [1.82, 2.24) is 0 Å². The minimum absolute atomic E-state index is 0.341. The molecule has 4 aromatic carbocycles. The van der Waals surface area contributed by atoms with Crippen molar-refractivity contribution in [3.63, 3.8) is 0 Å². The first-order valence-electron chi connectivity index (χ1n) is 12.8. The first-order chi connectivity index (χ1) is 19.5. The molecule has 0 radical (unpaired) electrons. The van der Waals surface area contributed by atoms with Crippen LogP contribution in [0.25, 0.3) is 11.1 Å². The van der Waals surface area contributed by atoms with Crippen LogP contribution in [-0.4, -0.2) is 31.3 Å². The van der Waals surface area contributed by atoms with Crippen LogP contribution in [0.5, 0.6) is 17.2 Å². The molecule has 1 N–H and O–H groups in total. The Kier molecular flexibility index (Phi) is 7.52. The summed E-state index contributed by atoms with van der Waals surface area (Å²) in [5, 5.41) is 19.6. The summed E-state index contributed by atoms with van der Waals surface area (Å²) in [5.41, 5.74) is 3.24. The van der Waals surface area contributed by atoms with Crippen LogP contribution in [0.2, 0.25) is 0 Å². The third-order valence-electron chi connectivity index (χ3n) is 7.52. The van der Waals surface area contributed by atoms with Crippen LogP contribution in [0.4, 0.5) is 0 Å². The van der Waals surface area contributed by atoms with E-state index in [0.29, 0.717) is 39.5 Å².